The van der Waals surface area contributed by atoms with Crippen molar-refractivity contribution in [1.82, 2.24) is 14.8 Å². The van der Waals surface area contributed by atoms with Crippen LogP contribution in [0.4, 0.5) is 22.0 Å². The molecule has 270 valence electrons. The fourth-order valence-electron chi connectivity index (χ4n) is 7.23. The largest absolute Gasteiger partial charge is 0.481 e. The van der Waals surface area contributed by atoms with Crippen LogP contribution in [0.25, 0.3) is 11.1 Å². The van der Waals surface area contributed by atoms with Crippen molar-refractivity contribution in [3.63, 3.8) is 0 Å². The van der Waals surface area contributed by atoms with E-state index in [9.17, 15) is 37.1 Å². The molecule has 2 aromatic carbocycles. The Morgan fingerprint density at radius 3 is 2.18 bits per heavy atom. The third kappa shape index (κ3) is 8.26. The number of alkyl halides is 3. The minimum atomic E-state index is -4.81. The molecule has 0 spiro atoms. The molecule has 3 aliphatic rings. The van der Waals surface area contributed by atoms with E-state index in [0.29, 0.717) is 48.0 Å². The highest BCUT2D eigenvalue weighted by Gasteiger charge is 2.39. The molecule has 3 saturated heterocycles. The van der Waals surface area contributed by atoms with Crippen LogP contribution in [0.3, 0.4) is 0 Å². The van der Waals surface area contributed by atoms with Gasteiger partial charge in [-0.3, -0.25) is 19.3 Å². The number of nitrogens with one attached hydrogen (secondary N) is 1. The molecule has 4 atom stereocenters. The Labute approximate surface area is 287 Å². The lowest BCUT2D eigenvalue weighted by molar-refractivity contribution is -0.180. The summed E-state index contributed by atoms with van der Waals surface area (Å²) in [4.78, 5) is 41.4. The number of carboxylic acids is 1. The van der Waals surface area contributed by atoms with Gasteiger partial charge in [0.25, 0.3) is 5.56 Å². The number of carbonyl (C=O) groups excluding carboxylic acids is 1. The van der Waals surface area contributed by atoms with E-state index >= 15 is 4.39 Å². The molecule has 2 bridgehead atoms. The van der Waals surface area contributed by atoms with Crippen LogP contribution in [0.1, 0.15) is 78.6 Å². The lowest BCUT2D eigenvalue weighted by Crippen LogP contribution is -2.57. The van der Waals surface area contributed by atoms with E-state index in [1.54, 1.807) is 33.8 Å². The number of aromatic nitrogens is 1. The summed E-state index contributed by atoms with van der Waals surface area (Å²) in [6.07, 6.45) is -3.44. The molecule has 6 rings (SSSR count). The average Bonchev–Trinajstić information content (AvgIpc) is 2.99. The predicted octanol–water partition coefficient (Wildman–Crippen LogP) is 6.67. The van der Waals surface area contributed by atoms with Gasteiger partial charge in [-0.25, -0.2) is 8.78 Å². The van der Waals surface area contributed by atoms with Gasteiger partial charge in [0.05, 0.1) is 30.2 Å². The van der Waals surface area contributed by atoms with Crippen LogP contribution in [-0.4, -0.2) is 58.3 Å². The number of ether oxygens (including phenoxy) is 1. The molecule has 4 heterocycles. The van der Waals surface area contributed by atoms with E-state index in [4.69, 9.17) is 4.74 Å². The lowest BCUT2D eigenvalue weighted by atomic mass is 9.90. The zero-order chi connectivity index (χ0) is 36.7. The third-order valence-electron chi connectivity index (χ3n) is 9.47. The fraction of sp³-hybridized carbons (Fsp3) is 0.486. The molecule has 3 aliphatic heterocycles. The number of hydrogen-bond acceptors (Lipinski definition) is 5. The third-order valence-corrected chi connectivity index (χ3v) is 9.47. The van der Waals surface area contributed by atoms with Gasteiger partial charge in [0, 0.05) is 43.9 Å². The number of morpholine rings is 1. The van der Waals surface area contributed by atoms with E-state index in [1.165, 1.54) is 25.1 Å². The molecule has 3 fully saturated rings. The number of rotatable bonds is 12. The predicted molar refractivity (Wildman–Crippen MR) is 177 cm³/mol. The molecule has 8 nitrogen and oxygen atoms in total. The van der Waals surface area contributed by atoms with Crippen LogP contribution in [0, 0.1) is 38.3 Å². The molecule has 0 saturated carbocycles. The first kappa shape index (κ1) is 37.2. The summed E-state index contributed by atoms with van der Waals surface area (Å²) in [5, 5.41) is 12.4. The molecular weight excluding hydrogens is 661 g/mol. The Morgan fingerprint density at radius 2 is 1.62 bits per heavy atom. The molecule has 13 heteroatoms. The van der Waals surface area contributed by atoms with Crippen molar-refractivity contribution in [1.29, 1.82) is 0 Å². The molecular formula is C37H42F5N3O5. The number of pyridine rings is 1. The van der Waals surface area contributed by atoms with Gasteiger partial charge in [0.2, 0.25) is 5.91 Å². The van der Waals surface area contributed by atoms with Crippen LogP contribution in [0.15, 0.2) is 41.3 Å². The highest BCUT2D eigenvalue weighted by atomic mass is 19.4. The van der Waals surface area contributed by atoms with Gasteiger partial charge in [-0.1, -0.05) is 13.8 Å². The number of piperidine rings is 1. The Balaban J connectivity index is 1.51. The standard InChI is InChI=1S/C37H42F5N3O5/c1-19(2)8-31(45-16-23(29(14-32(45)46)37(40,41)42)6-7-44-17-26-13-27(18-44)50-26)36(49)43-30(15-33(47)48)28-12-24(9-22(5)35(28)39)34-20(3)10-25(38)11-21(34)4/h9-12,14,16,19,26-27,30-31H,6-8,13,15,17-18H2,1-5H3,(H,43,49)(H,47,48)/t26?,27?,30-,31-/m0/s1. The smallest absolute Gasteiger partial charge is 0.416 e. The van der Waals surface area contributed by atoms with Gasteiger partial charge in [-0.05, 0) is 97.2 Å². The van der Waals surface area contributed by atoms with Gasteiger partial charge >= 0.3 is 12.1 Å². The van der Waals surface area contributed by atoms with Crippen molar-refractivity contribution in [3.8, 4) is 11.1 Å². The second-order valence-electron chi connectivity index (χ2n) is 14.0. The number of carboxylic acid groups (broad SMARTS) is 1. The first-order chi connectivity index (χ1) is 23.4. The lowest BCUT2D eigenvalue weighted by Gasteiger charge is -2.47. The maximum atomic E-state index is 15.8. The second-order valence-corrected chi connectivity index (χ2v) is 14.0. The normalized spacial score (nSPS) is 18.9. The summed E-state index contributed by atoms with van der Waals surface area (Å²) in [5.41, 5.74) is -0.0147. The molecule has 0 radical (unpaired) electrons. The fourth-order valence-corrected chi connectivity index (χ4v) is 7.23. The topological polar surface area (TPSA) is 101 Å². The number of benzene rings is 2. The average molecular weight is 704 g/mol. The van der Waals surface area contributed by atoms with Gasteiger partial charge in [-0.2, -0.15) is 13.2 Å². The molecule has 50 heavy (non-hydrogen) atoms. The second kappa shape index (κ2) is 14.6. The first-order valence-corrected chi connectivity index (χ1v) is 16.7. The summed E-state index contributed by atoms with van der Waals surface area (Å²) in [6, 6.07) is 3.38. The van der Waals surface area contributed by atoms with Crippen LogP contribution in [-0.2, 0) is 26.9 Å². The van der Waals surface area contributed by atoms with Gasteiger partial charge in [0.1, 0.15) is 17.7 Å². The molecule has 2 N–H and O–H groups in total. The molecule has 3 aromatic rings. The summed E-state index contributed by atoms with van der Waals surface area (Å²) in [5.74, 6) is -3.61. The van der Waals surface area contributed by atoms with Crippen molar-refractivity contribution in [2.75, 3.05) is 19.6 Å². The summed E-state index contributed by atoms with van der Waals surface area (Å²) in [7, 11) is 0. The highest BCUT2D eigenvalue weighted by molar-refractivity contribution is 5.82. The Bertz CT molecular complexity index is 1800. The molecule has 1 aromatic heterocycles. The van der Waals surface area contributed by atoms with Crippen molar-refractivity contribution >= 4 is 11.9 Å². The van der Waals surface area contributed by atoms with Gasteiger partial charge < -0.3 is 19.7 Å². The van der Waals surface area contributed by atoms with E-state index < -0.39 is 59.3 Å². The highest BCUT2D eigenvalue weighted by Crippen LogP contribution is 2.36. The number of halogens is 5. The molecule has 2 unspecified atom stereocenters. The molecule has 1 amide bonds. The van der Waals surface area contributed by atoms with Crippen molar-refractivity contribution in [2.24, 2.45) is 5.92 Å². The maximum Gasteiger partial charge on any atom is 0.416 e. The monoisotopic (exact) mass is 703 g/mol. The van der Waals surface area contributed by atoms with E-state index in [0.717, 1.165) is 17.2 Å². The number of nitrogens with zero attached hydrogens (tertiary/aromatic N) is 2. The quantitative estimate of drug-likeness (QED) is 0.205. The maximum absolute atomic E-state index is 15.8. The van der Waals surface area contributed by atoms with Crippen LogP contribution in [0.2, 0.25) is 0 Å². The van der Waals surface area contributed by atoms with Crippen molar-refractivity contribution in [3.05, 3.63) is 91.9 Å². The molecule has 0 aliphatic carbocycles. The van der Waals surface area contributed by atoms with Crippen molar-refractivity contribution < 1.29 is 41.4 Å². The first-order valence-electron chi connectivity index (χ1n) is 16.7. The minimum absolute atomic E-state index is 0.0265. The van der Waals surface area contributed by atoms with E-state index in [2.05, 4.69) is 5.32 Å². The van der Waals surface area contributed by atoms with Crippen LogP contribution in [0.5, 0.6) is 0 Å². The summed E-state index contributed by atoms with van der Waals surface area (Å²) >= 11 is 0. The van der Waals surface area contributed by atoms with E-state index in [1.807, 2.05) is 4.90 Å². The van der Waals surface area contributed by atoms with Crippen LogP contribution < -0.4 is 10.9 Å². The number of aliphatic carboxylic acids is 1. The Hall–Kier alpha value is -4.10. The zero-order valence-corrected chi connectivity index (χ0v) is 28.7. The van der Waals surface area contributed by atoms with E-state index in [-0.39, 0.29) is 47.7 Å². The SMILES string of the molecule is Cc1cc(-c2c(C)cc(F)cc2C)cc([C@H](CC(=O)O)NC(=O)[C@H](CC(C)C)n2cc(CCN3CC4CC(C3)O4)c(C(F)(F)F)cc2=O)c1F. The number of amides is 1. The number of fused-ring (bicyclic) bond motifs is 2. The minimum Gasteiger partial charge on any atom is -0.481 e. The number of hydrogen-bond donors (Lipinski definition) is 2. The summed E-state index contributed by atoms with van der Waals surface area (Å²) < 4.78 is 79.0. The van der Waals surface area contributed by atoms with Crippen LogP contribution >= 0.6 is 0 Å². The number of aryl methyl sites for hydroxylation is 3. The number of carbonyl (C=O) groups is 2. The zero-order valence-electron chi connectivity index (χ0n) is 28.7. The van der Waals surface area contributed by atoms with Gasteiger partial charge in [0.15, 0.2) is 0 Å². The summed E-state index contributed by atoms with van der Waals surface area (Å²) in [6.45, 7) is 9.90. The Morgan fingerprint density at radius 1 is 1.00 bits per heavy atom. The van der Waals surface area contributed by atoms with Crippen molar-refractivity contribution in [2.45, 2.75) is 90.8 Å². The Kier molecular flexibility index (Phi) is 10.9. The van der Waals surface area contributed by atoms with Gasteiger partial charge in [-0.15, -0.1) is 0 Å².